The molecule has 2 aliphatic rings. The summed E-state index contributed by atoms with van der Waals surface area (Å²) in [5, 5.41) is 0. The molecule has 0 aromatic heterocycles. The van der Waals surface area contributed by atoms with Crippen LogP contribution in [0, 0.1) is 17.8 Å². The maximum atomic E-state index is 12.7. The molecule has 4 rings (SSSR count). The highest BCUT2D eigenvalue weighted by atomic mass is 79.9. The van der Waals surface area contributed by atoms with Crippen molar-refractivity contribution in [3.05, 3.63) is 70.2 Å². The van der Waals surface area contributed by atoms with Crippen LogP contribution in [0.2, 0.25) is 0 Å². The summed E-state index contributed by atoms with van der Waals surface area (Å²) in [6.07, 6.45) is 0. The lowest BCUT2D eigenvalue weighted by Crippen LogP contribution is -2.37. The van der Waals surface area contributed by atoms with Gasteiger partial charge in [0.2, 0.25) is 11.8 Å². The fourth-order valence-corrected chi connectivity index (χ4v) is 4.18. The summed E-state index contributed by atoms with van der Waals surface area (Å²) in [7, 11) is 0. The van der Waals surface area contributed by atoms with Crippen LogP contribution in [-0.4, -0.2) is 22.5 Å². The van der Waals surface area contributed by atoms with Crippen molar-refractivity contribution in [1.82, 2.24) is 4.90 Å². The number of nitrogens with zero attached hydrogens (tertiary/aromatic N) is 1. The van der Waals surface area contributed by atoms with E-state index in [0.717, 1.165) is 10.0 Å². The molecule has 0 spiro atoms. The van der Waals surface area contributed by atoms with Crippen molar-refractivity contribution >= 4 is 33.5 Å². The zero-order chi connectivity index (χ0) is 17.7. The predicted octanol–water partition coefficient (Wildman–Crippen LogP) is 3.62. The van der Waals surface area contributed by atoms with Crippen LogP contribution in [0.4, 0.5) is 0 Å². The van der Waals surface area contributed by atoms with Gasteiger partial charge in [0, 0.05) is 16.0 Å². The van der Waals surface area contributed by atoms with Gasteiger partial charge in [-0.1, -0.05) is 58.4 Å². The second-order valence-corrected chi connectivity index (χ2v) is 7.50. The molecule has 4 nitrogen and oxygen atoms in total. The standard InChI is InChI=1S/C20H16BrNO3/c1-11(12-6-3-2-4-7-12)22-19(24)16-15(17(16)20(22)25)18(23)13-8-5-9-14(21)10-13/h2-11,15-17H,1H3/t11?,15?,16-,17+. The van der Waals surface area contributed by atoms with E-state index in [1.807, 2.05) is 43.3 Å². The Hall–Kier alpha value is -2.27. The molecule has 2 amide bonds. The Morgan fingerprint density at radius 2 is 1.64 bits per heavy atom. The molecule has 4 atom stereocenters. The third-order valence-corrected chi connectivity index (χ3v) is 5.64. The van der Waals surface area contributed by atoms with Gasteiger partial charge in [-0.3, -0.25) is 19.3 Å². The monoisotopic (exact) mass is 397 g/mol. The number of amides is 2. The number of ketones is 1. The van der Waals surface area contributed by atoms with Crippen LogP contribution in [0.1, 0.15) is 28.9 Å². The lowest BCUT2D eigenvalue weighted by molar-refractivity contribution is -0.144. The molecule has 1 aliphatic carbocycles. The molecular formula is C20H16BrNO3. The van der Waals surface area contributed by atoms with E-state index in [2.05, 4.69) is 15.9 Å². The van der Waals surface area contributed by atoms with E-state index in [-0.39, 0.29) is 23.6 Å². The molecule has 1 saturated heterocycles. The van der Waals surface area contributed by atoms with E-state index in [0.29, 0.717) is 5.56 Å². The first-order valence-electron chi connectivity index (χ1n) is 8.22. The molecule has 0 bridgehead atoms. The summed E-state index contributed by atoms with van der Waals surface area (Å²) in [6.45, 7) is 1.85. The van der Waals surface area contributed by atoms with Gasteiger partial charge in [-0.2, -0.15) is 0 Å². The molecule has 2 fully saturated rings. The lowest BCUT2D eigenvalue weighted by atomic mass is 10.0. The maximum absolute atomic E-state index is 12.7. The summed E-state index contributed by atoms with van der Waals surface area (Å²) >= 11 is 3.35. The molecule has 1 heterocycles. The van der Waals surface area contributed by atoms with Crippen molar-refractivity contribution in [1.29, 1.82) is 0 Å². The highest BCUT2D eigenvalue weighted by Gasteiger charge is 2.70. The molecule has 126 valence electrons. The molecule has 1 aliphatic heterocycles. The number of carbonyl (C=O) groups excluding carboxylic acids is 3. The minimum atomic E-state index is -0.506. The molecule has 5 heteroatoms. The summed E-state index contributed by atoms with van der Waals surface area (Å²) in [6, 6.07) is 16.2. The molecule has 2 unspecified atom stereocenters. The summed E-state index contributed by atoms with van der Waals surface area (Å²) in [5.41, 5.74) is 1.46. The number of likely N-dealkylation sites (tertiary alicyclic amines) is 1. The average Bonchev–Trinajstić information content (AvgIpc) is 3.31. The number of imide groups is 1. The quantitative estimate of drug-likeness (QED) is 0.584. The van der Waals surface area contributed by atoms with Crippen LogP contribution >= 0.6 is 15.9 Å². The fourth-order valence-electron chi connectivity index (χ4n) is 3.78. The van der Waals surface area contributed by atoms with Gasteiger partial charge in [-0.25, -0.2) is 0 Å². The predicted molar refractivity (Wildman–Crippen MR) is 95.7 cm³/mol. The largest absolute Gasteiger partial charge is 0.294 e. The van der Waals surface area contributed by atoms with Crippen LogP contribution in [-0.2, 0) is 9.59 Å². The average molecular weight is 398 g/mol. The van der Waals surface area contributed by atoms with Crippen molar-refractivity contribution in [2.45, 2.75) is 13.0 Å². The van der Waals surface area contributed by atoms with Crippen molar-refractivity contribution in [2.75, 3.05) is 0 Å². The minimum Gasteiger partial charge on any atom is -0.294 e. The molecule has 1 saturated carbocycles. The number of piperidine rings is 1. The summed E-state index contributed by atoms with van der Waals surface area (Å²) < 4.78 is 0.807. The van der Waals surface area contributed by atoms with Crippen LogP contribution < -0.4 is 0 Å². The number of rotatable bonds is 4. The lowest BCUT2D eigenvalue weighted by Gasteiger charge is -2.25. The van der Waals surface area contributed by atoms with Gasteiger partial charge in [0.1, 0.15) is 0 Å². The van der Waals surface area contributed by atoms with E-state index in [1.54, 1.807) is 18.2 Å². The van der Waals surface area contributed by atoms with Gasteiger partial charge in [-0.15, -0.1) is 0 Å². The van der Waals surface area contributed by atoms with Crippen LogP contribution in [0.3, 0.4) is 0 Å². The number of hydrogen-bond acceptors (Lipinski definition) is 3. The third-order valence-electron chi connectivity index (χ3n) is 5.15. The Bertz CT molecular complexity index is 858. The fraction of sp³-hybridized carbons (Fsp3) is 0.250. The molecular weight excluding hydrogens is 382 g/mol. The van der Waals surface area contributed by atoms with E-state index in [1.165, 1.54) is 4.90 Å². The first-order valence-corrected chi connectivity index (χ1v) is 9.01. The van der Waals surface area contributed by atoms with Gasteiger partial charge in [0.05, 0.1) is 17.9 Å². The molecule has 0 radical (unpaired) electrons. The van der Waals surface area contributed by atoms with E-state index >= 15 is 0 Å². The molecule has 2 aromatic rings. The van der Waals surface area contributed by atoms with Crippen LogP contribution in [0.5, 0.6) is 0 Å². The molecule has 25 heavy (non-hydrogen) atoms. The number of hydrogen-bond donors (Lipinski definition) is 0. The van der Waals surface area contributed by atoms with Crippen molar-refractivity contribution in [3.8, 4) is 0 Å². The molecule has 0 N–H and O–H groups in total. The van der Waals surface area contributed by atoms with E-state index in [4.69, 9.17) is 0 Å². The van der Waals surface area contributed by atoms with Gasteiger partial charge >= 0.3 is 0 Å². The first kappa shape index (κ1) is 16.2. The Labute approximate surface area is 154 Å². The number of benzene rings is 2. The van der Waals surface area contributed by atoms with E-state index in [9.17, 15) is 14.4 Å². The Kier molecular flexibility index (Phi) is 3.84. The van der Waals surface area contributed by atoms with Crippen molar-refractivity contribution in [2.24, 2.45) is 17.8 Å². The Morgan fingerprint density at radius 1 is 1.00 bits per heavy atom. The zero-order valence-corrected chi connectivity index (χ0v) is 15.1. The maximum Gasteiger partial charge on any atom is 0.234 e. The highest BCUT2D eigenvalue weighted by molar-refractivity contribution is 9.10. The topological polar surface area (TPSA) is 54.5 Å². The van der Waals surface area contributed by atoms with Crippen LogP contribution in [0.25, 0.3) is 0 Å². The second-order valence-electron chi connectivity index (χ2n) is 6.59. The zero-order valence-electron chi connectivity index (χ0n) is 13.6. The number of carbonyl (C=O) groups is 3. The number of fused-ring (bicyclic) bond motifs is 1. The smallest absolute Gasteiger partial charge is 0.234 e. The Morgan fingerprint density at radius 3 is 2.24 bits per heavy atom. The van der Waals surface area contributed by atoms with Crippen molar-refractivity contribution < 1.29 is 14.4 Å². The number of Topliss-reactive ketones (excluding diaryl/α,β-unsaturated/α-hetero) is 1. The highest BCUT2D eigenvalue weighted by Crippen LogP contribution is 2.56. The summed E-state index contributed by atoms with van der Waals surface area (Å²) in [5.74, 6) is -2.06. The van der Waals surface area contributed by atoms with E-state index < -0.39 is 17.8 Å². The SMILES string of the molecule is CC(c1ccccc1)N1C(=O)[C@@H]2C(C(=O)c3cccc(Br)c3)[C@@H]2C1=O. The van der Waals surface area contributed by atoms with Gasteiger partial charge in [0.25, 0.3) is 0 Å². The van der Waals surface area contributed by atoms with Gasteiger partial charge < -0.3 is 0 Å². The normalized spacial score (nSPS) is 25.7. The van der Waals surface area contributed by atoms with Gasteiger partial charge in [-0.05, 0) is 24.6 Å². The molecule has 2 aromatic carbocycles. The van der Waals surface area contributed by atoms with Crippen LogP contribution in [0.15, 0.2) is 59.1 Å². The van der Waals surface area contributed by atoms with Crippen molar-refractivity contribution in [3.63, 3.8) is 0 Å². The number of halogens is 1. The minimum absolute atomic E-state index is 0.120. The second kappa shape index (κ2) is 5.92. The third kappa shape index (κ3) is 2.54. The van der Waals surface area contributed by atoms with Gasteiger partial charge in [0.15, 0.2) is 5.78 Å². The first-order chi connectivity index (χ1) is 12.0. The Balaban J connectivity index is 1.55. The summed E-state index contributed by atoms with van der Waals surface area (Å²) in [4.78, 5) is 39.5.